The summed E-state index contributed by atoms with van der Waals surface area (Å²) in [7, 11) is -0.803. The molecule has 0 saturated carbocycles. The van der Waals surface area contributed by atoms with E-state index in [1.165, 1.54) is 12.3 Å². The van der Waals surface area contributed by atoms with Gasteiger partial charge in [0.1, 0.15) is 5.60 Å². The molecule has 2 aromatic rings. The number of fused-ring (bicyclic) bond motifs is 1. The van der Waals surface area contributed by atoms with E-state index in [0.29, 0.717) is 10.8 Å². The van der Waals surface area contributed by atoms with Crippen molar-refractivity contribution < 1.29 is 27.6 Å². The van der Waals surface area contributed by atoms with Crippen molar-refractivity contribution in [1.29, 1.82) is 0 Å². The van der Waals surface area contributed by atoms with E-state index >= 15 is 8.78 Å². The van der Waals surface area contributed by atoms with Gasteiger partial charge in [0.15, 0.2) is 0 Å². The number of nitrogens with zero attached hydrogens (tertiary/aromatic N) is 1. The fourth-order valence-corrected chi connectivity index (χ4v) is 3.20. The number of rotatable bonds is 4. The molecule has 168 valence electrons. The molecular formula is C22H29BF2N2O4. The lowest BCUT2D eigenvalue weighted by Gasteiger charge is -2.32. The van der Waals surface area contributed by atoms with Gasteiger partial charge in [0.2, 0.25) is 0 Å². The highest BCUT2D eigenvalue weighted by Gasteiger charge is 2.52. The Morgan fingerprint density at radius 2 is 1.77 bits per heavy atom. The zero-order valence-electron chi connectivity index (χ0n) is 19.0. The van der Waals surface area contributed by atoms with Crippen LogP contribution in [-0.2, 0) is 20.0 Å². The lowest BCUT2D eigenvalue weighted by atomic mass is 9.77. The molecule has 3 rings (SSSR count). The van der Waals surface area contributed by atoms with Crippen LogP contribution in [0.3, 0.4) is 0 Å². The van der Waals surface area contributed by atoms with Crippen LogP contribution in [0.1, 0.15) is 54.0 Å². The van der Waals surface area contributed by atoms with Gasteiger partial charge in [0.25, 0.3) is 5.92 Å². The van der Waals surface area contributed by atoms with Gasteiger partial charge in [-0.2, -0.15) is 8.78 Å². The van der Waals surface area contributed by atoms with E-state index in [1.807, 2.05) is 27.7 Å². The predicted molar refractivity (Wildman–Crippen MR) is 116 cm³/mol. The number of hydrogen-bond acceptors (Lipinski definition) is 5. The number of amides is 1. The molecule has 2 heterocycles. The molecule has 0 unspecified atom stereocenters. The minimum atomic E-state index is -3.40. The SMILES string of the molecule is CC(C)(C)OC(=O)NCC(F)(F)c1cc(B2OC(C)(C)C(C)(C)O2)cc2cccnc12. The molecule has 1 saturated heterocycles. The smallest absolute Gasteiger partial charge is 0.444 e. The van der Waals surface area contributed by atoms with Gasteiger partial charge in [-0.1, -0.05) is 18.2 Å². The fraction of sp³-hybridized carbons (Fsp3) is 0.545. The van der Waals surface area contributed by atoms with E-state index in [9.17, 15) is 4.79 Å². The Balaban J connectivity index is 1.95. The number of nitrogens with one attached hydrogen (secondary N) is 1. The number of ether oxygens (including phenoxy) is 1. The first kappa shape index (κ1) is 23.4. The molecule has 1 N–H and O–H groups in total. The lowest BCUT2D eigenvalue weighted by molar-refractivity contribution is -0.00793. The number of carbonyl (C=O) groups excluding carboxylic acids is 1. The molecule has 1 aliphatic heterocycles. The van der Waals surface area contributed by atoms with Crippen LogP contribution in [0.15, 0.2) is 30.5 Å². The number of carbonyl (C=O) groups is 1. The van der Waals surface area contributed by atoms with Crippen LogP contribution < -0.4 is 10.8 Å². The molecule has 1 aromatic carbocycles. The van der Waals surface area contributed by atoms with Gasteiger partial charge in [0, 0.05) is 17.1 Å². The molecule has 0 spiro atoms. The molecule has 0 atom stereocenters. The van der Waals surface area contributed by atoms with Crippen LogP contribution in [0, 0.1) is 0 Å². The van der Waals surface area contributed by atoms with E-state index in [-0.39, 0.29) is 11.1 Å². The van der Waals surface area contributed by atoms with Crippen LogP contribution in [0.4, 0.5) is 13.6 Å². The van der Waals surface area contributed by atoms with Crippen LogP contribution in [0.25, 0.3) is 10.9 Å². The van der Waals surface area contributed by atoms with E-state index in [4.69, 9.17) is 14.0 Å². The standard InChI is InChI=1S/C22H29BF2N2O4/c1-19(2,3)29-18(28)27-13-22(24,25)16-12-15(11-14-9-8-10-26-17(14)16)23-30-20(4,5)21(6,7)31-23/h8-12H,13H2,1-7H3,(H,27,28). The molecule has 0 aliphatic carbocycles. The Morgan fingerprint density at radius 1 is 1.16 bits per heavy atom. The van der Waals surface area contributed by atoms with Crippen LogP contribution in [0.2, 0.25) is 0 Å². The number of alkyl halides is 2. The van der Waals surface area contributed by atoms with Crippen molar-refractivity contribution in [2.24, 2.45) is 0 Å². The fourth-order valence-electron chi connectivity index (χ4n) is 3.20. The average molecular weight is 434 g/mol. The molecule has 0 radical (unpaired) electrons. The van der Waals surface area contributed by atoms with Gasteiger partial charge in [0.05, 0.1) is 23.3 Å². The lowest BCUT2D eigenvalue weighted by Crippen LogP contribution is -2.41. The van der Waals surface area contributed by atoms with Crippen molar-refractivity contribution >= 4 is 29.6 Å². The summed E-state index contributed by atoms with van der Waals surface area (Å²) in [5, 5.41) is 2.69. The van der Waals surface area contributed by atoms with Gasteiger partial charge in [-0.15, -0.1) is 0 Å². The summed E-state index contributed by atoms with van der Waals surface area (Å²) in [6.07, 6.45) is 0.545. The number of aromatic nitrogens is 1. The number of alkyl carbamates (subject to hydrolysis) is 1. The summed E-state index contributed by atoms with van der Waals surface area (Å²) in [5.41, 5.74) is -1.70. The third-order valence-electron chi connectivity index (χ3n) is 5.50. The maximum absolute atomic E-state index is 15.3. The molecule has 9 heteroatoms. The van der Waals surface area contributed by atoms with E-state index in [1.54, 1.807) is 39.0 Å². The highest BCUT2D eigenvalue weighted by Crippen LogP contribution is 2.38. The number of benzene rings is 1. The van der Waals surface area contributed by atoms with Gasteiger partial charge in [-0.25, -0.2) is 4.79 Å². The summed E-state index contributed by atoms with van der Waals surface area (Å²) < 4.78 is 47.7. The third-order valence-corrected chi connectivity index (χ3v) is 5.50. The van der Waals surface area contributed by atoms with Crippen LogP contribution in [0.5, 0.6) is 0 Å². The predicted octanol–water partition coefficient (Wildman–Crippen LogP) is 4.15. The minimum absolute atomic E-state index is 0.152. The monoisotopic (exact) mass is 434 g/mol. The van der Waals surface area contributed by atoms with Gasteiger partial charge in [-0.05, 0) is 60.0 Å². The van der Waals surface area contributed by atoms with Crippen molar-refractivity contribution in [3.8, 4) is 0 Å². The number of hydrogen-bond donors (Lipinski definition) is 1. The van der Waals surface area contributed by atoms with Gasteiger partial charge in [-0.3, -0.25) is 4.98 Å². The Labute approximate surface area is 181 Å². The largest absolute Gasteiger partial charge is 0.494 e. The maximum atomic E-state index is 15.3. The molecule has 31 heavy (non-hydrogen) atoms. The summed E-state index contributed by atoms with van der Waals surface area (Å²) in [6, 6.07) is 6.47. The summed E-state index contributed by atoms with van der Waals surface area (Å²) >= 11 is 0. The van der Waals surface area contributed by atoms with Gasteiger partial charge < -0.3 is 19.4 Å². The van der Waals surface area contributed by atoms with E-state index in [2.05, 4.69) is 10.3 Å². The summed E-state index contributed by atoms with van der Waals surface area (Å²) in [5.74, 6) is -3.40. The quantitative estimate of drug-likeness (QED) is 0.733. The summed E-state index contributed by atoms with van der Waals surface area (Å²) in [6.45, 7) is 11.7. The topological polar surface area (TPSA) is 69.7 Å². The Hall–Kier alpha value is -2.26. The first-order chi connectivity index (χ1) is 14.1. The van der Waals surface area contributed by atoms with Crippen molar-refractivity contribution in [3.05, 3.63) is 36.0 Å². The number of pyridine rings is 1. The molecule has 1 aromatic heterocycles. The average Bonchev–Trinajstić information content (AvgIpc) is 2.85. The van der Waals surface area contributed by atoms with Crippen molar-refractivity contribution in [1.82, 2.24) is 10.3 Å². The second-order valence-corrected chi connectivity index (χ2v) is 9.79. The molecule has 1 amide bonds. The van der Waals surface area contributed by atoms with Crippen molar-refractivity contribution in [2.75, 3.05) is 6.54 Å². The van der Waals surface area contributed by atoms with Crippen LogP contribution >= 0.6 is 0 Å². The van der Waals surface area contributed by atoms with E-state index < -0.39 is 42.5 Å². The first-order valence-corrected chi connectivity index (χ1v) is 10.2. The Morgan fingerprint density at radius 3 is 2.35 bits per heavy atom. The van der Waals surface area contributed by atoms with Gasteiger partial charge >= 0.3 is 13.2 Å². The maximum Gasteiger partial charge on any atom is 0.494 e. The highest BCUT2D eigenvalue weighted by atomic mass is 19.3. The third kappa shape index (κ3) is 4.98. The second-order valence-electron chi connectivity index (χ2n) is 9.79. The molecular weight excluding hydrogens is 405 g/mol. The highest BCUT2D eigenvalue weighted by molar-refractivity contribution is 6.62. The molecule has 1 fully saturated rings. The summed E-state index contributed by atoms with van der Waals surface area (Å²) in [4.78, 5) is 16.1. The second kappa shape index (κ2) is 7.71. The van der Waals surface area contributed by atoms with Crippen molar-refractivity contribution in [3.63, 3.8) is 0 Å². The molecule has 0 bridgehead atoms. The van der Waals surface area contributed by atoms with E-state index in [0.717, 1.165) is 0 Å². The first-order valence-electron chi connectivity index (χ1n) is 10.2. The Kier molecular flexibility index (Phi) is 5.82. The normalized spacial score (nSPS) is 18.3. The molecule has 1 aliphatic rings. The van der Waals surface area contributed by atoms with Crippen LogP contribution in [-0.4, -0.2) is 41.5 Å². The Bertz CT molecular complexity index is 973. The zero-order valence-corrected chi connectivity index (χ0v) is 19.0. The zero-order chi connectivity index (χ0) is 23.2. The number of halogens is 2. The molecule has 6 nitrogen and oxygen atoms in total. The minimum Gasteiger partial charge on any atom is -0.444 e. The van der Waals surface area contributed by atoms with Crippen molar-refractivity contribution in [2.45, 2.75) is 71.2 Å².